The summed E-state index contributed by atoms with van der Waals surface area (Å²) in [6.45, 7) is 4.95. The standard InChI is InChI=1S/C16H22N4/c1-11-8-13(10-20(3)12(2)9-16(17)18)14-6-4-5-7-15(14)19-11/h4-8,12H,9-10H2,1-3H3,(H3,17,18). The number of nitrogens with two attached hydrogens (primary N) is 1. The molecule has 1 atom stereocenters. The third kappa shape index (κ3) is 3.33. The molecule has 1 aromatic carbocycles. The Morgan fingerprint density at radius 1 is 1.40 bits per heavy atom. The highest BCUT2D eigenvalue weighted by Crippen LogP contribution is 2.20. The molecule has 4 nitrogen and oxygen atoms in total. The minimum Gasteiger partial charge on any atom is -0.388 e. The van der Waals surface area contributed by atoms with Gasteiger partial charge in [0.1, 0.15) is 0 Å². The normalized spacial score (nSPS) is 12.8. The Bertz CT molecular complexity index is 621. The van der Waals surface area contributed by atoms with Crippen molar-refractivity contribution >= 4 is 16.7 Å². The number of aromatic nitrogens is 1. The van der Waals surface area contributed by atoms with E-state index in [9.17, 15) is 0 Å². The summed E-state index contributed by atoms with van der Waals surface area (Å²) in [7, 11) is 2.07. The molecule has 0 fully saturated rings. The van der Waals surface area contributed by atoms with E-state index < -0.39 is 0 Å². The van der Waals surface area contributed by atoms with Crippen LogP contribution in [0.4, 0.5) is 0 Å². The molecular formula is C16H22N4. The first-order valence-corrected chi connectivity index (χ1v) is 6.85. The number of hydrogen-bond donors (Lipinski definition) is 2. The summed E-state index contributed by atoms with van der Waals surface area (Å²) in [5.74, 6) is 0.236. The highest BCUT2D eigenvalue weighted by Gasteiger charge is 2.13. The lowest BCUT2D eigenvalue weighted by Crippen LogP contribution is -2.32. The monoisotopic (exact) mass is 270 g/mol. The minimum atomic E-state index is 0.236. The van der Waals surface area contributed by atoms with E-state index in [2.05, 4.69) is 36.0 Å². The molecule has 2 aromatic rings. The minimum absolute atomic E-state index is 0.236. The quantitative estimate of drug-likeness (QED) is 0.648. The number of hydrogen-bond acceptors (Lipinski definition) is 3. The Balaban J connectivity index is 2.27. The van der Waals surface area contributed by atoms with Gasteiger partial charge in [0.05, 0.1) is 11.4 Å². The van der Waals surface area contributed by atoms with E-state index in [-0.39, 0.29) is 11.9 Å². The van der Waals surface area contributed by atoms with Crippen LogP contribution in [0.1, 0.15) is 24.6 Å². The van der Waals surface area contributed by atoms with Crippen molar-refractivity contribution in [2.75, 3.05) is 7.05 Å². The van der Waals surface area contributed by atoms with E-state index in [1.54, 1.807) is 0 Å². The van der Waals surface area contributed by atoms with Crippen LogP contribution in [-0.4, -0.2) is 28.8 Å². The van der Waals surface area contributed by atoms with Crippen molar-refractivity contribution in [1.82, 2.24) is 9.88 Å². The molecule has 0 radical (unpaired) electrons. The lowest BCUT2D eigenvalue weighted by molar-refractivity contribution is 0.255. The maximum Gasteiger partial charge on any atom is 0.0920 e. The lowest BCUT2D eigenvalue weighted by Gasteiger charge is -2.25. The van der Waals surface area contributed by atoms with Gasteiger partial charge < -0.3 is 5.73 Å². The van der Waals surface area contributed by atoms with E-state index in [4.69, 9.17) is 11.1 Å². The number of nitrogens with one attached hydrogen (secondary N) is 1. The van der Waals surface area contributed by atoms with E-state index in [1.807, 2.05) is 25.1 Å². The highest BCUT2D eigenvalue weighted by molar-refractivity contribution is 5.82. The molecule has 20 heavy (non-hydrogen) atoms. The SMILES string of the molecule is Cc1cc(CN(C)C(C)CC(=N)N)c2ccccc2n1. The Kier molecular flexibility index (Phi) is 4.35. The fraction of sp³-hybridized carbons (Fsp3) is 0.375. The fourth-order valence-corrected chi connectivity index (χ4v) is 2.42. The maximum atomic E-state index is 7.40. The van der Waals surface area contributed by atoms with Gasteiger partial charge in [-0.15, -0.1) is 0 Å². The van der Waals surface area contributed by atoms with E-state index in [0.717, 1.165) is 17.8 Å². The average Bonchev–Trinajstić information content (AvgIpc) is 2.37. The first kappa shape index (κ1) is 14.5. The second-order valence-electron chi connectivity index (χ2n) is 5.43. The van der Waals surface area contributed by atoms with Gasteiger partial charge in [-0.2, -0.15) is 0 Å². The third-order valence-electron chi connectivity index (χ3n) is 3.62. The van der Waals surface area contributed by atoms with Gasteiger partial charge in [-0.25, -0.2) is 0 Å². The number of amidine groups is 1. The molecule has 0 aliphatic rings. The molecule has 0 aliphatic carbocycles. The van der Waals surface area contributed by atoms with Crippen molar-refractivity contribution in [1.29, 1.82) is 5.41 Å². The van der Waals surface area contributed by atoms with Crippen LogP contribution in [0.2, 0.25) is 0 Å². The Labute approximate surface area is 120 Å². The molecule has 0 saturated carbocycles. The summed E-state index contributed by atoms with van der Waals surface area (Å²) >= 11 is 0. The molecule has 1 heterocycles. The molecule has 106 valence electrons. The largest absolute Gasteiger partial charge is 0.388 e. The molecule has 0 amide bonds. The summed E-state index contributed by atoms with van der Waals surface area (Å²) in [6.07, 6.45) is 0.596. The van der Waals surface area contributed by atoms with E-state index in [0.29, 0.717) is 6.42 Å². The summed E-state index contributed by atoms with van der Waals surface area (Å²) in [6, 6.07) is 10.6. The molecule has 0 spiro atoms. The van der Waals surface area contributed by atoms with Crippen LogP contribution in [0.15, 0.2) is 30.3 Å². The van der Waals surface area contributed by atoms with Gasteiger partial charge in [0, 0.05) is 30.1 Å². The van der Waals surface area contributed by atoms with Crippen LogP contribution in [0.3, 0.4) is 0 Å². The van der Waals surface area contributed by atoms with E-state index in [1.165, 1.54) is 10.9 Å². The second kappa shape index (κ2) is 6.01. The second-order valence-corrected chi connectivity index (χ2v) is 5.43. The van der Waals surface area contributed by atoms with Crippen LogP contribution in [0, 0.1) is 12.3 Å². The summed E-state index contributed by atoms with van der Waals surface area (Å²) < 4.78 is 0. The van der Waals surface area contributed by atoms with E-state index >= 15 is 0 Å². The molecule has 1 aromatic heterocycles. The first-order chi connectivity index (χ1) is 9.47. The third-order valence-corrected chi connectivity index (χ3v) is 3.62. The van der Waals surface area contributed by atoms with Crippen molar-refractivity contribution < 1.29 is 0 Å². The number of fused-ring (bicyclic) bond motifs is 1. The van der Waals surface area contributed by atoms with Gasteiger partial charge in [0.2, 0.25) is 0 Å². The molecule has 0 aliphatic heterocycles. The van der Waals surface area contributed by atoms with Crippen molar-refractivity contribution in [3.05, 3.63) is 41.6 Å². The Morgan fingerprint density at radius 3 is 2.80 bits per heavy atom. The van der Waals surface area contributed by atoms with Crippen molar-refractivity contribution in [2.24, 2.45) is 5.73 Å². The number of pyridine rings is 1. The van der Waals surface area contributed by atoms with Crippen molar-refractivity contribution in [3.8, 4) is 0 Å². The van der Waals surface area contributed by atoms with Gasteiger partial charge in [0.15, 0.2) is 0 Å². The first-order valence-electron chi connectivity index (χ1n) is 6.85. The van der Waals surface area contributed by atoms with Crippen LogP contribution >= 0.6 is 0 Å². The van der Waals surface area contributed by atoms with Crippen LogP contribution in [0.5, 0.6) is 0 Å². The maximum absolute atomic E-state index is 7.40. The summed E-state index contributed by atoms with van der Waals surface area (Å²) in [4.78, 5) is 6.79. The molecule has 4 heteroatoms. The number of benzene rings is 1. The topological polar surface area (TPSA) is 66.0 Å². The number of rotatable bonds is 5. The van der Waals surface area contributed by atoms with Crippen LogP contribution in [0.25, 0.3) is 10.9 Å². The summed E-state index contributed by atoms with van der Waals surface area (Å²) in [5, 5.41) is 8.60. The predicted octanol–water partition coefficient (Wildman–Crippen LogP) is 2.69. The van der Waals surface area contributed by atoms with Gasteiger partial charge in [0.25, 0.3) is 0 Å². The predicted molar refractivity (Wildman–Crippen MR) is 83.9 cm³/mol. The van der Waals surface area contributed by atoms with Gasteiger partial charge in [-0.1, -0.05) is 18.2 Å². The molecular weight excluding hydrogens is 248 g/mol. The highest BCUT2D eigenvalue weighted by atomic mass is 15.1. The molecule has 1 unspecified atom stereocenters. The van der Waals surface area contributed by atoms with Crippen molar-refractivity contribution in [2.45, 2.75) is 32.9 Å². The number of aryl methyl sites for hydroxylation is 1. The van der Waals surface area contributed by atoms with Gasteiger partial charge in [-0.05, 0) is 38.6 Å². The number of nitrogens with zero attached hydrogens (tertiary/aromatic N) is 2. The van der Waals surface area contributed by atoms with Crippen LogP contribution < -0.4 is 5.73 Å². The average molecular weight is 270 g/mol. The zero-order chi connectivity index (χ0) is 14.7. The molecule has 3 N–H and O–H groups in total. The zero-order valence-corrected chi connectivity index (χ0v) is 12.4. The van der Waals surface area contributed by atoms with Gasteiger partial charge in [-0.3, -0.25) is 15.3 Å². The number of para-hydroxylation sites is 1. The Hall–Kier alpha value is -1.94. The molecule has 2 rings (SSSR count). The molecule has 0 saturated heterocycles. The lowest BCUT2D eigenvalue weighted by atomic mass is 10.1. The van der Waals surface area contributed by atoms with Crippen molar-refractivity contribution in [3.63, 3.8) is 0 Å². The fourth-order valence-electron chi connectivity index (χ4n) is 2.42. The molecule has 0 bridgehead atoms. The Morgan fingerprint density at radius 2 is 2.10 bits per heavy atom. The van der Waals surface area contributed by atoms with Gasteiger partial charge >= 0.3 is 0 Å². The zero-order valence-electron chi connectivity index (χ0n) is 12.4. The van der Waals surface area contributed by atoms with Crippen LogP contribution in [-0.2, 0) is 6.54 Å². The smallest absolute Gasteiger partial charge is 0.0920 e. The summed E-state index contributed by atoms with van der Waals surface area (Å²) in [5.41, 5.74) is 8.83.